The minimum Gasteiger partial charge on any atom is -0.464 e. The molecule has 0 N–H and O–H groups in total. The molecule has 0 saturated heterocycles. The maximum atomic E-state index is 5.90. The van der Waals surface area contributed by atoms with E-state index in [1.165, 1.54) is 7.11 Å². The van der Waals surface area contributed by atoms with Crippen molar-refractivity contribution in [1.82, 2.24) is 0 Å². The third-order valence-corrected chi connectivity index (χ3v) is 2.47. The van der Waals surface area contributed by atoms with Gasteiger partial charge in [0.2, 0.25) is 0 Å². The van der Waals surface area contributed by atoms with Crippen molar-refractivity contribution in [3.05, 3.63) is 25.7 Å². The van der Waals surface area contributed by atoms with Crippen molar-refractivity contribution in [2.45, 2.75) is 0 Å². The molecule has 0 heterocycles. The molecule has 1 rings (SSSR count). The fourth-order valence-corrected chi connectivity index (χ4v) is 2.37. The second-order valence-corrected chi connectivity index (χ2v) is 4.31. The maximum absolute atomic E-state index is 5.90. The molecule has 0 bridgehead atoms. The first kappa shape index (κ1) is 11.4. The second-order valence-electron chi connectivity index (χ2n) is 2.25. The van der Waals surface area contributed by atoms with Crippen LogP contribution in [0.15, 0.2) is 12.1 Å². The quantitative estimate of drug-likeness (QED) is 0.622. The minimum absolute atomic E-state index is 0.139. The Morgan fingerprint density at radius 1 is 1.31 bits per heavy atom. The number of ether oxygens (including phenoxy) is 2. The summed E-state index contributed by atoms with van der Waals surface area (Å²) in [5.74, 6) is 0.464. The van der Waals surface area contributed by atoms with Crippen molar-refractivity contribution in [2.75, 3.05) is 13.9 Å². The molecule has 2 nitrogen and oxygen atoms in total. The van der Waals surface area contributed by atoms with Crippen LogP contribution in [-0.2, 0) is 4.74 Å². The van der Waals surface area contributed by atoms with Crippen molar-refractivity contribution in [3.63, 3.8) is 0 Å². The second kappa shape index (κ2) is 5.24. The van der Waals surface area contributed by atoms with Gasteiger partial charge in [0.05, 0.1) is 10.0 Å². The van der Waals surface area contributed by atoms with Gasteiger partial charge in [-0.15, -0.1) is 0 Å². The molecule has 72 valence electrons. The molecule has 1 aromatic carbocycles. The Labute approximate surface area is 100 Å². The van der Waals surface area contributed by atoms with Gasteiger partial charge < -0.3 is 9.47 Å². The summed E-state index contributed by atoms with van der Waals surface area (Å²) in [4.78, 5) is 0. The van der Waals surface area contributed by atoms with E-state index in [0.29, 0.717) is 15.8 Å². The van der Waals surface area contributed by atoms with Crippen LogP contribution in [0.1, 0.15) is 0 Å². The van der Waals surface area contributed by atoms with Crippen LogP contribution in [-0.4, -0.2) is 13.9 Å². The first-order valence-electron chi connectivity index (χ1n) is 3.41. The number of hydrogen-bond donors (Lipinski definition) is 0. The SMILES string of the molecule is COCOc1c(Cl)cc(I)cc1Cl. The van der Waals surface area contributed by atoms with Crippen LogP contribution in [0.3, 0.4) is 0 Å². The Hall–Kier alpha value is 0.290. The van der Waals surface area contributed by atoms with E-state index in [1.54, 1.807) is 12.1 Å². The molecule has 5 heteroatoms. The summed E-state index contributed by atoms with van der Waals surface area (Å²) in [5.41, 5.74) is 0. The number of halogens is 3. The molecule has 0 aromatic heterocycles. The van der Waals surface area contributed by atoms with Crippen LogP contribution < -0.4 is 4.74 Å². The number of rotatable bonds is 3. The van der Waals surface area contributed by atoms with Gasteiger partial charge in [-0.3, -0.25) is 0 Å². The van der Waals surface area contributed by atoms with Crippen LogP contribution in [0.4, 0.5) is 0 Å². The highest BCUT2D eigenvalue weighted by Gasteiger charge is 2.08. The topological polar surface area (TPSA) is 18.5 Å². The third-order valence-electron chi connectivity index (χ3n) is 1.28. The summed E-state index contributed by atoms with van der Waals surface area (Å²) in [5, 5.41) is 0.989. The Morgan fingerprint density at radius 2 is 1.85 bits per heavy atom. The summed E-state index contributed by atoms with van der Waals surface area (Å²) in [6.45, 7) is 0.139. The lowest BCUT2D eigenvalue weighted by atomic mass is 10.3. The highest BCUT2D eigenvalue weighted by Crippen LogP contribution is 2.34. The van der Waals surface area contributed by atoms with Crippen LogP contribution in [0.5, 0.6) is 5.75 Å². The predicted octanol–water partition coefficient (Wildman–Crippen LogP) is 3.58. The van der Waals surface area contributed by atoms with Crippen molar-refractivity contribution >= 4 is 45.8 Å². The Bertz CT molecular complexity index is 281. The number of methoxy groups -OCH3 is 1. The Kier molecular flexibility index (Phi) is 4.58. The summed E-state index contributed by atoms with van der Waals surface area (Å²) in [7, 11) is 1.54. The third kappa shape index (κ3) is 3.16. The van der Waals surface area contributed by atoms with Crippen molar-refractivity contribution in [2.24, 2.45) is 0 Å². The van der Waals surface area contributed by atoms with Crippen LogP contribution in [0, 0.1) is 3.57 Å². The van der Waals surface area contributed by atoms with Gasteiger partial charge in [0.1, 0.15) is 0 Å². The molecule has 0 aliphatic heterocycles. The van der Waals surface area contributed by atoms with E-state index >= 15 is 0 Å². The molecule has 13 heavy (non-hydrogen) atoms. The van der Waals surface area contributed by atoms with E-state index in [2.05, 4.69) is 22.6 Å². The monoisotopic (exact) mass is 332 g/mol. The summed E-state index contributed by atoms with van der Waals surface area (Å²) < 4.78 is 10.9. The Balaban J connectivity index is 2.92. The van der Waals surface area contributed by atoms with E-state index in [9.17, 15) is 0 Å². The van der Waals surface area contributed by atoms with Crippen LogP contribution >= 0.6 is 45.8 Å². The average molecular weight is 333 g/mol. The largest absolute Gasteiger partial charge is 0.464 e. The van der Waals surface area contributed by atoms with E-state index < -0.39 is 0 Å². The molecule has 0 unspecified atom stereocenters. The van der Waals surface area contributed by atoms with E-state index in [4.69, 9.17) is 32.7 Å². The molecular weight excluding hydrogens is 326 g/mol. The zero-order chi connectivity index (χ0) is 9.84. The van der Waals surface area contributed by atoms with Crippen LogP contribution in [0.25, 0.3) is 0 Å². The van der Waals surface area contributed by atoms with E-state index in [0.717, 1.165) is 3.57 Å². The molecule has 0 aliphatic carbocycles. The molecule has 0 saturated carbocycles. The average Bonchev–Trinajstić information content (AvgIpc) is 2.02. The minimum atomic E-state index is 0.139. The molecule has 0 radical (unpaired) electrons. The smallest absolute Gasteiger partial charge is 0.188 e. The lowest BCUT2D eigenvalue weighted by Gasteiger charge is -2.08. The van der Waals surface area contributed by atoms with Gasteiger partial charge in [0.25, 0.3) is 0 Å². The standard InChI is InChI=1S/C8H7Cl2IO2/c1-12-4-13-8-6(9)2-5(11)3-7(8)10/h2-3H,4H2,1H3. The zero-order valence-electron chi connectivity index (χ0n) is 6.81. The fourth-order valence-electron chi connectivity index (χ4n) is 0.785. The zero-order valence-corrected chi connectivity index (χ0v) is 10.5. The predicted molar refractivity (Wildman–Crippen MR) is 61.7 cm³/mol. The molecule has 0 aliphatic rings. The maximum Gasteiger partial charge on any atom is 0.188 e. The van der Waals surface area contributed by atoms with Crippen molar-refractivity contribution in [1.29, 1.82) is 0 Å². The van der Waals surface area contributed by atoms with Gasteiger partial charge in [0, 0.05) is 10.7 Å². The van der Waals surface area contributed by atoms with Crippen molar-refractivity contribution < 1.29 is 9.47 Å². The lowest BCUT2D eigenvalue weighted by Crippen LogP contribution is -2.00. The number of hydrogen-bond acceptors (Lipinski definition) is 2. The van der Waals surface area contributed by atoms with Gasteiger partial charge in [-0.1, -0.05) is 23.2 Å². The lowest BCUT2D eigenvalue weighted by molar-refractivity contribution is 0.0512. The normalized spacial score (nSPS) is 10.2. The number of benzene rings is 1. The van der Waals surface area contributed by atoms with Crippen molar-refractivity contribution in [3.8, 4) is 5.75 Å². The highest BCUT2D eigenvalue weighted by atomic mass is 127. The summed E-state index contributed by atoms with van der Waals surface area (Å²) in [6.07, 6.45) is 0. The first-order chi connectivity index (χ1) is 6.15. The Morgan fingerprint density at radius 3 is 2.31 bits per heavy atom. The van der Waals surface area contributed by atoms with Gasteiger partial charge in [-0.05, 0) is 34.7 Å². The summed E-state index contributed by atoms with van der Waals surface area (Å²) >= 11 is 13.9. The molecular formula is C8H7Cl2IO2. The highest BCUT2D eigenvalue weighted by molar-refractivity contribution is 14.1. The molecule has 0 spiro atoms. The molecule has 0 amide bonds. The van der Waals surface area contributed by atoms with Gasteiger partial charge in [0.15, 0.2) is 12.5 Å². The van der Waals surface area contributed by atoms with Gasteiger partial charge in [-0.2, -0.15) is 0 Å². The van der Waals surface area contributed by atoms with E-state index in [-0.39, 0.29) is 6.79 Å². The molecule has 1 aromatic rings. The molecule has 0 fully saturated rings. The van der Waals surface area contributed by atoms with Gasteiger partial charge >= 0.3 is 0 Å². The van der Waals surface area contributed by atoms with Gasteiger partial charge in [-0.25, -0.2) is 0 Å². The van der Waals surface area contributed by atoms with E-state index in [1.807, 2.05) is 0 Å². The summed E-state index contributed by atoms with van der Waals surface area (Å²) in [6, 6.07) is 3.55. The first-order valence-corrected chi connectivity index (χ1v) is 5.25. The fraction of sp³-hybridized carbons (Fsp3) is 0.250. The molecule has 0 atom stereocenters. The van der Waals surface area contributed by atoms with Crippen LogP contribution in [0.2, 0.25) is 10.0 Å².